The molecule has 0 saturated carbocycles. The number of hydrogen-bond donors (Lipinski definition) is 2. The van der Waals surface area contributed by atoms with Crippen LogP contribution >= 0.6 is 11.8 Å². The number of nitrogens with zero attached hydrogens (tertiary/aromatic N) is 5. The van der Waals surface area contributed by atoms with Gasteiger partial charge in [0.25, 0.3) is 0 Å². The molecule has 3 aliphatic rings. The third-order valence-electron chi connectivity index (χ3n) is 7.15. The Balaban J connectivity index is 1.37. The number of aromatic nitrogens is 1. The number of pyridine rings is 1. The Labute approximate surface area is 240 Å². The Morgan fingerprint density at radius 1 is 1.22 bits per heavy atom. The van der Waals surface area contributed by atoms with E-state index in [1.807, 2.05) is 18.1 Å². The van der Waals surface area contributed by atoms with Crippen LogP contribution in [0.15, 0.2) is 80.0 Å². The van der Waals surface area contributed by atoms with Crippen molar-refractivity contribution in [3.8, 4) is 0 Å². The standard InChI is InChI=1S/C29H33F4N7S/c1-17(18-11-25(35-13-18)28(2,3)4)34-14-19-15-36-26(37-19)20-12-24-23(38-22-8-10-39(5)16-21(22)30)7-6-9-40(24)27(20)41-29(31,32)33/h6-7,9,12-13,34,38H,1,8,10-11,14-16H2,2-5H3. The van der Waals surface area contributed by atoms with Gasteiger partial charge in [-0.05, 0) is 30.8 Å². The second kappa shape index (κ2) is 11.1. The summed E-state index contributed by atoms with van der Waals surface area (Å²) in [5.74, 6) is -0.0487. The van der Waals surface area contributed by atoms with Crippen LogP contribution in [0.3, 0.4) is 0 Å². The lowest BCUT2D eigenvalue weighted by atomic mass is 9.87. The minimum atomic E-state index is -4.52. The molecule has 5 heterocycles. The first kappa shape index (κ1) is 29.1. The molecule has 0 aromatic carbocycles. The summed E-state index contributed by atoms with van der Waals surface area (Å²) in [5, 5.41) is 6.35. The highest BCUT2D eigenvalue weighted by Crippen LogP contribution is 2.42. The molecule has 218 valence electrons. The van der Waals surface area contributed by atoms with Crippen LogP contribution in [0, 0.1) is 5.41 Å². The number of rotatable bonds is 8. The van der Waals surface area contributed by atoms with Crippen molar-refractivity contribution in [1.29, 1.82) is 0 Å². The summed E-state index contributed by atoms with van der Waals surface area (Å²) in [5.41, 5.74) is 0.646. The summed E-state index contributed by atoms with van der Waals surface area (Å²) in [6.07, 6.45) is 4.57. The van der Waals surface area contributed by atoms with E-state index in [0.29, 0.717) is 48.5 Å². The Bertz CT molecular complexity index is 1540. The number of hydrogen-bond acceptors (Lipinski definition) is 7. The summed E-state index contributed by atoms with van der Waals surface area (Å²) in [6, 6.07) is 5.00. The first-order valence-corrected chi connectivity index (χ1v) is 14.1. The SMILES string of the molecule is C=C(NCC1=NC(c2cc3c(NC4=C(F)CN(C)CC4)cccn3c2SC(F)(F)F)=NC1)C1=CN=C(C(C)(C)C)C1. The molecular weight excluding hydrogens is 554 g/mol. The van der Waals surface area contributed by atoms with Crippen LogP contribution in [0.1, 0.15) is 39.2 Å². The minimum Gasteiger partial charge on any atom is -0.380 e. The lowest BCUT2D eigenvalue weighted by molar-refractivity contribution is -0.0329. The number of likely N-dealkylation sites (N-methyl/N-ethyl adjacent to an activating group) is 1. The zero-order valence-corrected chi connectivity index (χ0v) is 24.3. The molecule has 0 amide bonds. The van der Waals surface area contributed by atoms with Crippen molar-refractivity contribution in [2.24, 2.45) is 20.4 Å². The fourth-order valence-electron chi connectivity index (χ4n) is 4.82. The van der Waals surface area contributed by atoms with E-state index < -0.39 is 5.51 Å². The third-order valence-corrected chi connectivity index (χ3v) is 7.99. The predicted octanol–water partition coefficient (Wildman–Crippen LogP) is 6.56. The molecule has 5 rings (SSSR count). The molecule has 41 heavy (non-hydrogen) atoms. The Hall–Kier alpha value is -3.38. The molecule has 3 aliphatic heterocycles. The van der Waals surface area contributed by atoms with E-state index in [0.717, 1.165) is 17.0 Å². The van der Waals surface area contributed by atoms with Crippen molar-refractivity contribution in [2.75, 3.05) is 38.5 Å². The van der Waals surface area contributed by atoms with Gasteiger partial charge in [-0.15, -0.1) is 0 Å². The van der Waals surface area contributed by atoms with Crippen LogP contribution in [0.2, 0.25) is 0 Å². The number of aliphatic imine (C=N–C) groups is 3. The molecule has 0 unspecified atom stereocenters. The van der Waals surface area contributed by atoms with Crippen LogP contribution in [0.5, 0.6) is 0 Å². The van der Waals surface area contributed by atoms with E-state index in [1.54, 1.807) is 24.4 Å². The van der Waals surface area contributed by atoms with Gasteiger partial charge >= 0.3 is 5.51 Å². The van der Waals surface area contributed by atoms with Gasteiger partial charge in [-0.1, -0.05) is 27.4 Å². The lowest BCUT2D eigenvalue weighted by Gasteiger charge is -2.24. The van der Waals surface area contributed by atoms with Crippen molar-refractivity contribution in [3.63, 3.8) is 0 Å². The first-order valence-electron chi connectivity index (χ1n) is 13.3. The van der Waals surface area contributed by atoms with Gasteiger partial charge in [0.15, 0.2) is 5.84 Å². The molecule has 2 aromatic heterocycles. The number of alkyl halides is 3. The number of allylic oxidation sites excluding steroid dienone is 1. The summed E-state index contributed by atoms with van der Waals surface area (Å²) < 4.78 is 57.1. The van der Waals surface area contributed by atoms with Crippen LogP contribution in [0.25, 0.3) is 5.52 Å². The Morgan fingerprint density at radius 3 is 2.68 bits per heavy atom. The highest BCUT2D eigenvalue weighted by Gasteiger charge is 2.34. The van der Waals surface area contributed by atoms with E-state index in [4.69, 9.17) is 0 Å². The van der Waals surface area contributed by atoms with Crippen molar-refractivity contribution < 1.29 is 17.6 Å². The van der Waals surface area contributed by atoms with Gasteiger partial charge < -0.3 is 15.0 Å². The summed E-state index contributed by atoms with van der Waals surface area (Å²) >= 11 is -0.213. The van der Waals surface area contributed by atoms with Gasteiger partial charge in [-0.2, -0.15) is 13.2 Å². The van der Waals surface area contributed by atoms with Gasteiger partial charge in [0.2, 0.25) is 0 Å². The molecule has 7 nitrogen and oxygen atoms in total. The van der Waals surface area contributed by atoms with E-state index in [1.165, 1.54) is 4.40 Å². The highest BCUT2D eigenvalue weighted by molar-refractivity contribution is 8.00. The van der Waals surface area contributed by atoms with Gasteiger partial charge in [-0.3, -0.25) is 14.9 Å². The molecule has 0 radical (unpaired) electrons. The van der Waals surface area contributed by atoms with Crippen molar-refractivity contribution >= 4 is 40.2 Å². The zero-order chi connectivity index (χ0) is 29.5. The molecule has 0 atom stereocenters. The number of anilines is 1. The van der Waals surface area contributed by atoms with Gasteiger partial charge in [0.05, 0.1) is 47.1 Å². The maximum absolute atomic E-state index is 14.6. The summed E-state index contributed by atoms with van der Waals surface area (Å²) in [6.45, 7) is 12.0. The quantitative estimate of drug-likeness (QED) is 0.271. The zero-order valence-electron chi connectivity index (χ0n) is 23.5. The number of thioether (sulfide) groups is 1. The average Bonchev–Trinajstić information content (AvgIpc) is 3.63. The lowest BCUT2D eigenvalue weighted by Crippen LogP contribution is -2.28. The Morgan fingerprint density at radius 2 is 2.00 bits per heavy atom. The van der Waals surface area contributed by atoms with E-state index >= 15 is 0 Å². The van der Waals surface area contributed by atoms with Crippen molar-refractivity contribution in [2.45, 2.75) is 44.1 Å². The average molecular weight is 588 g/mol. The minimum absolute atomic E-state index is 0.0301. The number of nitrogens with one attached hydrogen (secondary N) is 2. The molecule has 2 N–H and O–H groups in total. The maximum Gasteiger partial charge on any atom is 0.447 e. The second-order valence-electron chi connectivity index (χ2n) is 11.4. The molecule has 0 saturated heterocycles. The molecule has 0 spiro atoms. The molecule has 12 heteroatoms. The topological polar surface area (TPSA) is 68.8 Å². The molecule has 2 aromatic rings. The number of amidine groups is 1. The Kier molecular flexibility index (Phi) is 7.90. The normalized spacial score (nSPS) is 18.4. The van der Waals surface area contributed by atoms with Crippen LogP contribution in [-0.4, -0.2) is 65.3 Å². The molecule has 0 fully saturated rings. The van der Waals surface area contributed by atoms with E-state index in [-0.39, 0.29) is 52.5 Å². The van der Waals surface area contributed by atoms with Gasteiger partial charge in [0, 0.05) is 66.1 Å². The van der Waals surface area contributed by atoms with Gasteiger partial charge in [-0.25, -0.2) is 9.38 Å². The fraction of sp³-hybridized carbons (Fsp3) is 0.414. The second-order valence-corrected chi connectivity index (χ2v) is 12.4. The summed E-state index contributed by atoms with van der Waals surface area (Å²) in [7, 11) is 1.84. The molecular formula is C29H33F4N7S. The summed E-state index contributed by atoms with van der Waals surface area (Å²) in [4.78, 5) is 15.5. The number of fused-ring (bicyclic) bond motifs is 1. The first-order chi connectivity index (χ1) is 19.3. The molecule has 0 aliphatic carbocycles. The van der Waals surface area contributed by atoms with Crippen molar-refractivity contribution in [1.82, 2.24) is 14.6 Å². The third kappa shape index (κ3) is 6.59. The highest BCUT2D eigenvalue weighted by atomic mass is 32.2. The van der Waals surface area contributed by atoms with Gasteiger partial charge in [0.1, 0.15) is 5.83 Å². The monoisotopic (exact) mass is 587 g/mol. The fourth-order valence-corrected chi connectivity index (χ4v) is 5.55. The number of halogens is 4. The maximum atomic E-state index is 14.6. The van der Waals surface area contributed by atoms with Crippen LogP contribution in [0.4, 0.5) is 23.2 Å². The van der Waals surface area contributed by atoms with E-state index in [2.05, 4.69) is 53.0 Å². The van der Waals surface area contributed by atoms with Crippen LogP contribution < -0.4 is 10.6 Å². The predicted molar refractivity (Wildman–Crippen MR) is 159 cm³/mol. The molecule has 0 bridgehead atoms. The largest absolute Gasteiger partial charge is 0.447 e. The van der Waals surface area contributed by atoms with Crippen molar-refractivity contribution in [3.05, 3.63) is 65.5 Å². The van der Waals surface area contributed by atoms with Crippen LogP contribution in [-0.2, 0) is 0 Å². The smallest absolute Gasteiger partial charge is 0.380 e. The van der Waals surface area contributed by atoms with E-state index in [9.17, 15) is 17.6 Å².